The molecule has 4 nitrogen and oxygen atoms in total. The third kappa shape index (κ3) is 3.95. The number of nitrogens with two attached hydrogens (primary N) is 1. The molecule has 0 spiro atoms. The Kier molecular flexibility index (Phi) is 5.49. The van der Waals surface area contributed by atoms with Crippen molar-refractivity contribution in [2.24, 2.45) is 0 Å². The number of hydrogen-bond acceptors (Lipinski definition) is 3. The van der Waals surface area contributed by atoms with Crippen molar-refractivity contribution in [3.05, 3.63) is 23.8 Å². The molecule has 0 aliphatic rings. The van der Waals surface area contributed by atoms with Crippen molar-refractivity contribution in [2.45, 2.75) is 39.7 Å². The van der Waals surface area contributed by atoms with E-state index < -0.39 is 0 Å². The van der Waals surface area contributed by atoms with E-state index in [-0.39, 0.29) is 18.6 Å². The second kappa shape index (κ2) is 6.89. The number of carbonyl (C=O) groups is 1. The Bertz CT molecular complexity index is 401. The number of rotatable bonds is 6. The average Bonchev–Trinajstić information content (AvgIpc) is 2.37. The average molecular weight is 250 g/mol. The van der Waals surface area contributed by atoms with E-state index >= 15 is 0 Å². The van der Waals surface area contributed by atoms with Gasteiger partial charge < -0.3 is 15.8 Å². The Labute approximate surface area is 109 Å². The molecule has 4 heteroatoms. The summed E-state index contributed by atoms with van der Waals surface area (Å²) in [6, 6.07) is 5.67. The zero-order chi connectivity index (χ0) is 13.5. The predicted molar refractivity (Wildman–Crippen MR) is 73.6 cm³/mol. The highest BCUT2D eigenvalue weighted by molar-refractivity contribution is 5.78. The minimum Gasteiger partial charge on any atom is -0.483 e. The van der Waals surface area contributed by atoms with Crippen LogP contribution in [-0.2, 0) is 4.79 Å². The number of anilines is 1. The van der Waals surface area contributed by atoms with Gasteiger partial charge in [0.2, 0.25) is 0 Å². The summed E-state index contributed by atoms with van der Waals surface area (Å²) in [5.41, 5.74) is 7.31. The summed E-state index contributed by atoms with van der Waals surface area (Å²) in [6.07, 6.45) is 1.86. The number of nitrogens with one attached hydrogen (secondary N) is 1. The summed E-state index contributed by atoms with van der Waals surface area (Å²) in [6.45, 7) is 6.01. The van der Waals surface area contributed by atoms with Gasteiger partial charge in [-0.05, 0) is 31.9 Å². The molecule has 0 saturated carbocycles. The van der Waals surface area contributed by atoms with Gasteiger partial charge in [-0.2, -0.15) is 0 Å². The standard InChI is InChI=1S/C14H22N2O2/c1-4-11(5-2)16-14(17)9-18-13-8-6-7-12(15)10(13)3/h6-8,11H,4-5,9,15H2,1-3H3,(H,16,17). The highest BCUT2D eigenvalue weighted by atomic mass is 16.5. The quantitative estimate of drug-likeness (QED) is 0.761. The normalized spacial score (nSPS) is 10.4. The Balaban J connectivity index is 2.50. The number of amides is 1. The van der Waals surface area contributed by atoms with E-state index in [1.54, 1.807) is 0 Å². The molecule has 0 fully saturated rings. The van der Waals surface area contributed by atoms with Crippen molar-refractivity contribution in [1.82, 2.24) is 5.32 Å². The summed E-state index contributed by atoms with van der Waals surface area (Å²) >= 11 is 0. The van der Waals surface area contributed by atoms with E-state index in [4.69, 9.17) is 10.5 Å². The summed E-state index contributed by atoms with van der Waals surface area (Å²) in [4.78, 5) is 11.7. The van der Waals surface area contributed by atoms with Gasteiger partial charge in [0.05, 0.1) is 0 Å². The molecule has 0 radical (unpaired) electrons. The van der Waals surface area contributed by atoms with E-state index in [9.17, 15) is 4.79 Å². The highest BCUT2D eigenvalue weighted by Crippen LogP contribution is 2.22. The van der Waals surface area contributed by atoms with Gasteiger partial charge in [-0.3, -0.25) is 4.79 Å². The van der Waals surface area contributed by atoms with Gasteiger partial charge in [0, 0.05) is 17.3 Å². The topological polar surface area (TPSA) is 64.3 Å². The Morgan fingerprint density at radius 1 is 1.39 bits per heavy atom. The Morgan fingerprint density at radius 2 is 2.06 bits per heavy atom. The SMILES string of the molecule is CCC(CC)NC(=O)COc1cccc(N)c1C. The summed E-state index contributed by atoms with van der Waals surface area (Å²) in [7, 11) is 0. The van der Waals surface area contributed by atoms with Crippen LogP contribution in [0.4, 0.5) is 5.69 Å². The van der Waals surface area contributed by atoms with Crippen molar-refractivity contribution < 1.29 is 9.53 Å². The minimum atomic E-state index is -0.0921. The van der Waals surface area contributed by atoms with E-state index in [2.05, 4.69) is 19.2 Å². The van der Waals surface area contributed by atoms with Gasteiger partial charge in [0.1, 0.15) is 5.75 Å². The molecule has 0 aromatic heterocycles. The first-order valence-corrected chi connectivity index (χ1v) is 6.35. The monoisotopic (exact) mass is 250 g/mol. The zero-order valence-corrected chi connectivity index (χ0v) is 11.3. The first-order valence-electron chi connectivity index (χ1n) is 6.35. The lowest BCUT2D eigenvalue weighted by molar-refractivity contribution is -0.123. The smallest absolute Gasteiger partial charge is 0.258 e. The molecule has 1 aromatic rings. The Hall–Kier alpha value is -1.71. The second-order valence-electron chi connectivity index (χ2n) is 4.34. The predicted octanol–water partition coefficient (Wildman–Crippen LogP) is 2.26. The van der Waals surface area contributed by atoms with Crippen LogP contribution in [0.5, 0.6) is 5.75 Å². The maximum absolute atomic E-state index is 11.7. The molecule has 3 N–H and O–H groups in total. The molecule has 0 aliphatic carbocycles. The minimum absolute atomic E-state index is 0.0286. The van der Waals surface area contributed by atoms with Crippen molar-refractivity contribution >= 4 is 11.6 Å². The van der Waals surface area contributed by atoms with Crippen molar-refractivity contribution in [3.8, 4) is 5.75 Å². The first kappa shape index (κ1) is 14.4. The number of ether oxygens (including phenoxy) is 1. The lowest BCUT2D eigenvalue weighted by Gasteiger charge is -2.15. The van der Waals surface area contributed by atoms with E-state index in [0.717, 1.165) is 18.4 Å². The van der Waals surface area contributed by atoms with Crippen molar-refractivity contribution in [3.63, 3.8) is 0 Å². The maximum atomic E-state index is 11.7. The number of carbonyl (C=O) groups excluding carboxylic acids is 1. The van der Waals surface area contributed by atoms with Crippen LogP contribution >= 0.6 is 0 Å². The van der Waals surface area contributed by atoms with Crippen molar-refractivity contribution in [1.29, 1.82) is 0 Å². The van der Waals surface area contributed by atoms with Crippen LogP contribution in [0.15, 0.2) is 18.2 Å². The second-order valence-corrected chi connectivity index (χ2v) is 4.34. The fourth-order valence-electron chi connectivity index (χ4n) is 1.69. The summed E-state index contributed by atoms with van der Waals surface area (Å²) < 4.78 is 5.48. The molecule has 0 aliphatic heterocycles. The molecule has 0 bridgehead atoms. The van der Waals surface area contributed by atoms with Gasteiger partial charge in [-0.25, -0.2) is 0 Å². The van der Waals surface area contributed by atoms with Gasteiger partial charge in [0.25, 0.3) is 5.91 Å². The highest BCUT2D eigenvalue weighted by Gasteiger charge is 2.10. The molecule has 100 valence electrons. The molecule has 0 unspecified atom stereocenters. The van der Waals surface area contributed by atoms with E-state index in [1.165, 1.54) is 0 Å². The zero-order valence-electron chi connectivity index (χ0n) is 11.3. The molecule has 0 heterocycles. The molecule has 0 atom stereocenters. The lowest BCUT2D eigenvalue weighted by Crippen LogP contribution is -2.37. The molecular weight excluding hydrogens is 228 g/mol. The molecular formula is C14H22N2O2. The van der Waals surface area contributed by atoms with Crippen LogP contribution in [0.2, 0.25) is 0 Å². The first-order chi connectivity index (χ1) is 8.58. The van der Waals surface area contributed by atoms with Gasteiger partial charge in [-0.15, -0.1) is 0 Å². The van der Waals surface area contributed by atoms with Crippen LogP contribution < -0.4 is 15.8 Å². The van der Waals surface area contributed by atoms with Crippen LogP contribution in [0.25, 0.3) is 0 Å². The van der Waals surface area contributed by atoms with Crippen LogP contribution in [-0.4, -0.2) is 18.6 Å². The molecule has 1 rings (SSSR count). The molecule has 1 amide bonds. The van der Waals surface area contributed by atoms with Gasteiger partial charge >= 0.3 is 0 Å². The number of nitrogen functional groups attached to an aromatic ring is 1. The van der Waals surface area contributed by atoms with Crippen LogP contribution in [0.3, 0.4) is 0 Å². The van der Waals surface area contributed by atoms with Crippen LogP contribution in [0, 0.1) is 6.92 Å². The van der Waals surface area contributed by atoms with Crippen molar-refractivity contribution in [2.75, 3.05) is 12.3 Å². The molecule has 1 aromatic carbocycles. The van der Waals surface area contributed by atoms with Crippen LogP contribution in [0.1, 0.15) is 32.3 Å². The lowest BCUT2D eigenvalue weighted by atomic mass is 10.2. The number of benzene rings is 1. The molecule has 18 heavy (non-hydrogen) atoms. The fraction of sp³-hybridized carbons (Fsp3) is 0.500. The van der Waals surface area contributed by atoms with E-state index in [1.807, 2.05) is 25.1 Å². The van der Waals surface area contributed by atoms with Gasteiger partial charge in [-0.1, -0.05) is 19.9 Å². The van der Waals surface area contributed by atoms with Gasteiger partial charge in [0.15, 0.2) is 6.61 Å². The molecule has 0 saturated heterocycles. The largest absolute Gasteiger partial charge is 0.483 e. The Morgan fingerprint density at radius 3 is 2.67 bits per heavy atom. The third-order valence-corrected chi connectivity index (χ3v) is 3.04. The summed E-state index contributed by atoms with van der Waals surface area (Å²) in [5, 5.41) is 2.93. The fourth-order valence-corrected chi connectivity index (χ4v) is 1.69. The maximum Gasteiger partial charge on any atom is 0.258 e. The summed E-state index contributed by atoms with van der Waals surface area (Å²) in [5.74, 6) is 0.570. The third-order valence-electron chi connectivity index (χ3n) is 3.04. The van der Waals surface area contributed by atoms with E-state index in [0.29, 0.717) is 11.4 Å². The number of hydrogen-bond donors (Lipinski definition) is 2.